The van der Waals surface area contributed by atoms with Gasteiger partial charge in [-0.15, -0.1) is 11.3 Å². The molecule has 3 amide bonds. The number of nitrogens with one attached hydrogen (secondary N) is 2. The van der Waals surface area contributed by atoms with E-state index in [4.69, 9.17) is 9.15 Å². The fraction of sp³-hybridized carbons (Fsp3) is 0.217. The summed E-state index contributed by atoms with van der Waals surface area (Å²) in [6.45, 7) is 1.88. The zero-order valence-corrected chi connectivity index (χ0v) is 18.6. The Morgan fingerprint density at radius 3 is 2.73 bits per heavy atom. The van der Waals surface area contributed by atoms with Gasteiger partial charge in [-0.25, -0.2) is 4.79 Å². The van der Waals surface area contributed by atoms with Gasteiger partial charge in [0.2, 0.25) is 5.91 Å². The van der Waals surface area contributed by atoms with Crippen LogP contribution in [0.1, 0.15) is 38.6 Å². The molecule has 1 aliphatic heterocycles. The van der Waals surface area contributed by atoms with Gasteiger partial charge in [0.25, 0.3) is 11.8 Å². The van der Waals surface area contributed by atoms with Gasteiger partial charge in [0, 0.05) is 24.3 Å². The van der Waals surface area contributed by atoms with Crippen molar-refractivity contribution in [2.75, 3.05) is 28.7 Å². The SMILES string of the molecule is Cc1cc(NC(=O)c2ccco2)sc1C(=O)OCC(=O)Nc1cccc(N2CCCC2=O)c1. The van der Waals surface area contributed by atoms with E-state index in [9.17, 15) is 19.2 Å². The smallest absolute Gasteiger partial charge is 0.349 e. The first kappa shape index (κ1) is 22.3. The van der Waals surface area contributed by atoms with E-state index in [0.29, 0.717) is 34.9 Å². The fourth-order valence-corrected chi connectivity index (χ4v) is 4.36. The molecule has 1 aromatic carbocycles. The third-order valence-corrected chi connectivity index (χ3v) is 6.07. The Morgan fingerprint density at radius 1 is 1.15 bits per heavy atom. The average Bonchev–Trinajstić information content (AvgIpc) is 3.54. The Balaban J connectivity index is 1.32. The maximum Gasteiger partial charge on any atom is 0.349 e. The number of carbonyl (C=O) groups excluding carboxylic acids is 4. The van der Waals surface area contributed by atoms with E-state index in [1.807, 2.05) is 0 Å². The van der Waals surface area contributed by atoms with Gasteiger partial charge >= 0.3 is 5.97 Å². The Morgan fingerprint density at radius 2 is 2.00 bits per heavy atom. The normalized spacial score (nSPS) is 13.1. The van der Waals surface area contributed by atoms with E-state index in [1.165, 1.54) is 12.3 Å². The highest BCUT2D eigenvalue weighted by Gasteiger charge is 2.22. The Bertz CT molecular complexity index is 1200. The second kappa shape index (κ2) is 9.70. The molecule has 10 heteroatoms. The number of hydrogen-bond donors (Lipinski definition) is 2. The van der Waals surface area contributed by atoms with Crippen LogP contribution in [0.4, 0.5) is 16.4 Å². The number of carbonyl (C=O) groups is 4. The summed E-state index contributed by atoms with van der Waals surface area (Å²) in [5, 5.41) is 5.79. The first-order valence-electron chi connectivity index (χ1n) is 10.2. The van der Waals surface area contributed by atoms with Crippen LogP contribution in [0.15, 0.2) is 53.1 Å². The van der Waals surface area contributed by atoms with Crippen LogP contribution in [0.25, 0.3) is 0 Å². The summed E-state index contributed by atoms with van der Waals surface area (Å²) in [6.07, 6.45) is 2.72. The molecule has 3 heterocycles. The summed E-state index contributed by atoms with van der Waals surface area (Å²) in [4.78, 5) is 50.7. The van der Waals surface area contributed by atoms with E-state index in [1.54, 1.807) is 48.2 Å². The zero-order valence-electron chi connectivity index (χ0n) is 17.8. The van der Waals surface area contributed by atoms with Crippen molar-refractivity contribution in [1.29, 1.82) is 0 Å². The van der Waals surface area contributed by atoms with Crippen LogP contribution in [-0.2, 0) is 14.3 Å². The molecule has 170 valence electrons. The molecule has 0 saturated carbocycles. The molecular formula is C23H21N3O6S. The summed E-state index contributed by atoms with van der Waals surface area (Å²) in [6, 6.07) is 11.7. The van der Waals surface area contributed by atoms with Crippen LogP contribution >= 0.6 is 11.3 Å². The first-order chi connectivity index (χ1) is 15.9. The number of esters is 1. The molecule has 3 aromatic rings. The third kappa shape index (κ3) is 5.29. The van der Waals surface area contributed by atoms with Gasteiger partial charge in [0.15, 0.2) is 12.4 Å². The third-order valence-electron chi connectivity index (χ3n) is 4.93. The highest BCUT2D eigenvalue weighted by Crippen LogP contribution is 2.28. The molecule has 1 aliphatic rings. The second-order valence-electron chi connectivity index (χ2n) is 7.38. The second-order valence-corrected chi connectivity index (χ2v) is 8.43. The number of amides is 3. The Hall–Kier alpha value is -3.92. The molecular weight excluding hydrogens is 446 g/mol. The number of anilines is 3. The lowest BCUT2D eigenvalue weighted by Gasteiger charge is -2.16. The van der Waals surface area contributed by atoms with Gasteiger partial charge in [-0.2, -0.15) is 0 Å². The summed E-state index contributed by atoms with van der Waals surface area (Å²) >= 11 is 1.05. The minimum atomic E-state index is -0.664. The fourth-order valence-electron chi connectivity index (χ4n) is 3.39. The molecule has 1 fully saturated rings. The molecule has 0 atom stereocenters. The van der Waals surface area contributed by atoms with Gasteiger partial charge in [-0.3, -0.25) is 14.4 Å². The van der Waals surface area contributed by atoms with Crippen LogP contribution in [-0.4, -0.2) is 36.8 Å². The van der Waals surface area contributed by atoms with Gasteiger partial charge in [0.05, 0.1) is 11.3 Å². The summed E-state index contributed by atoms with van der Waals surface area (Å²) in [5.41, 5.74) is 1.83. The quantitative estimate of drug-likeness (QED) is 0.510. The lowest BCUT2D eigenvalue weighted by atomic mass is 10.2. The van der Waals surface area contributed by atoms with E-state index in [2.05, 4.69) is 10.6 Å². The Kier molecular flexibility index (Phi) is 6.55. The van der Waals surface area contributed by atoms with Crippen molar-refractivity contribution in [1.82, 2.24) is 0 Å². The van der Waals surface area contributed by atoms with Crippen molar-refractivity contribution in [3.63, 3.8) is 0 Å². The molecule has 2 N–H and O–H groups in total. The molecule has 4 rings (SSSR count). The first-order valence-corrected chi connectivity index (χ1v) is 11.0. The molecule has 1 saturated heterocycles. The largest absolute Gasteiger partial charge is 0.459 e. The molecule has 2 aromatic heterocycles. The van der Waals surface area contributed by atoms with E-state index >= 15 is 0 Å². The highest BCUT2D eigenvalue weighted by atomic mass is 32.1. The van der Waals surface area contributed by atoms with Crippen molar-refractivity contribution in [2.24, 2.45) is 0 Å². The predicted molar refractivity (Wildman–Crippen MR) is 123 cm³/mol. The molecule has 0 aliphatic carbocycles. The van der Waals surface area contributed by atoms with Crippen LogP contribution in [0.3, 0.4) is 0 Å². The summed E-state index contributed by atoms with van der Waals surface area (Å²) < 4.78 is 10.2. The molecule has 0 unspecified atom stereocenters. The maximum absolute atomic E-state index is 12.4. The standard InChI is InChI=1S/C23H21N3O6S/c1-14-11-19(25-22(29)17-7-4-10-31-17)33-21(14)23(30)32-13-18(27)24-15-5-2-6-16(12-15)26-9-3-8-20(26)28/h2,4-7,10-12H,3,8-9,13H2,1H3,(H,24,27)(H,25,29). The van der Waals surface area contributed by atoms with Crippen molar-refractivity contribution >= 4 is 51.4 Å². The molecule has 9 nitrogen and oxygen atoms in total. The predicted octanol–water partition coefficient (Wildman–Crippen LogP) is 3.82. The van der Waals surface area contributed by atoms with E-state index in [-0.39, 0.29) is 16.5 Å². The van der Waals surface area contributed by atoms with Crippen LogP contribution in [0.2, 0.25) is 0 Å². The highest BCUT2D eigenvalue weighted by molar-refractivity contribution is 7.18. The van der Waals surface area contributed by atoms with Gasteiger partial charge in [0.1, 0.15) is 4.88 Å². The minimum absolute atomic E-state index is 0.0541. The molecule has 0 radical (unpaired) electrons. The molecule has 0 bridgehead atoms. The van der Waals surface area contributed by atoms with Crippen molar-refractivity contribution in [2.45, 2.75) is 19.8 Å². The van der Waals surface area contributed by atoms with Gasteiger partial charge < -0.3 is 24.7 Å². The monoisotopic (exact) mass is 467 g/mol. The number of hydrogen-bond acceptors (Lipinski definition) is 7. The number of ether oxygens (including phenoxy) is 1. The van der Waals surface area contributed by atoms with E-state index in [0.717, 1.165) is 17.8 Å². The number of thiophene rings is 1. The van der Waals surface area contributed by atoms with Crippen molar-refractivity contribution < 1.29 is 28.3 Å². The lowest BCUT2D eigenvalue weighted by Crippen LogP contribution is -2.24. The van der Waals surface area contributed by atoms with Crippen molar-refractivity contribution in [3.05, 3.63) is 64.9 Å². The van der Waals surface area contributed by atoms with Gasteiger partial charge in [-0.05, 0) is 55.3 Å². The topological polar surface area (TPSA) is 118 Å². The number of furan rings is 1. The van der Waals surface area contributed by atoms with Crippen LogP contribution in [0, 0.1) is 6.92 Å². The number of rotatable bonds is 7. The summed E-state index contributed by atoms with van der Waals surface area (Å²) in [7, 11) is 0. The van der Waals surface area contributed by atoms with Crippen LogP contribution < -0.4 is 15.5 Å². The number of aryl methyl sites for hydroxylation is 1. The molecule has 0 spiro atoms. The summed E-state index contributed by atoms with van der Waals surface area (Å²) in [5.74, 6) is -1.40. The van der Waals surface area contributed by atoms with Crippen LogP contribution in [0.5, 0.6) is 0 Å². The maximum atomic E-state index is 12.4. The average molecular weight is 468 g/mol. The zero-order chi connectivity index (χ0) is 23.4. The van der Waals surface area contributed by atoms with Crippen molar-refractivity contribution in [3.8, 4) is 0 Å². The van der Waals surface area contributed by atoms with E-state index < -0.39 is 24.4 Å². The lowest BCUT2D eigenvalue weighted by molar-refractivity contribution is -0.119. The minimum Gasteiger partial charge on any atom is -0.459 e. The number of nitrogens with zero attached hydrogens (tertiary/aromatic N) is 1. The van der Waals surface area contributed by atoms with Gasteiger partial charge in [-0.1, -0.05) is 6.07 Å². The Labute approximate surface area is 193 Å². The molecule has 33 heavy (non-hydrogen) atoms. The number of benzene rings is 1.